The molecule has 0 saturated heterocycles. The van der Waals surface area contributed by atoms with Gasteiger partial charge in [0.2, 0.25) is 0 Å². The smallest absolute Gasteiger partial charge is 0.148 e. The largest absolute Gasteiger partial charge is 0.298 e. The number of carbonyl (C=O) groups is 1. The number of hydrogen-bond donors (Lipinski definition) is 0. The average Bonchev–Trinajstić information content (AvgIpc) is 2.27. The Hall–Kier alpha value is -0.380. The third kappa shape index (κ3) is 3.80. The second-order valence-electron chi connectivity index (χ2n) is 3.82. The van der Waals surface area contributed by atoms with Gasteiger partial charge >= 0.3 is 0 Å². The van der Waals surface area contributed by atoms with Crippen molar-refractivity contribution in [3.05, 3.63) is 28.2 Å². The maximum absolute atomic E-state index is 12.0. The molecule has 0 aliphatic carbocycles. The lowest BCUT2D eigenvalue weighted by Gasteiger charge is -2.09. The number of hydrogen-bond acceptors (Lipinski definition) is 2. The Kier molecular flexibility index (Phi) is 5.63. The molecule has 0 saturated carbocycles. The molecule has 0 heterocycles. The van der Waals surface area contributed by atoms with Crippen LogP contribution in [0.1, 0.15) is 20.3 Å². The zero-order valence-electron chi connectivity index (χ0n) is 9.70. The van der Waals surface area contributed by atoms with Crippen LogP contribution in [0, 0.1) is 5.92 Å². The number of halogens is 2. The molecule has 1 aromatic rings. The standard InChI is InChI=1S/C12H14Cl2O2S/c1-3-8(2)11(15)7-17(16)12-9(13)5-4-6-10(12)14/h4-6,8H,3,7H2,1-2H3. The van der Waals surface area contributed by atoms with Crippen LogP contribution >= 0.6 is 23.2 Å². The summed E-state index contributed by atoms with van der Waals surface area (Å²) in [6, 6.07) is 4.92. The summed E-state index contributed by atoms with van der Waals surface area (Å²) >= 11 is 11.9. The van der Waals surface area contributed by atoms with Gasteiger partial charge in [0.15, 0.2) is 0 Å². The molecule has 1 rings (SSSR count). The normalized spacial score (nSPS) is 14.4. The van der Waals surface area contributed by atoms with E-state index in [1.165, 1.54) is 0 Å². The quantitative estimate of drug-likeness (QED) is 0.829. The van der Waals surface area contributed by atoms with E-state index < -0.39 is 10.8 Å². The van der Waals surface area contributed by atoms with E-state index in [9.17, 15) is 9.00 Å². The molecule has 2 atom stereocenters. The Labute approximate surface area is 114 Å². The first-order valence-corrected chi connectivity index (χ1v) is 7.40. The molecule has 0 aliphatic heterocycles. The minimum Gasteiger partial charge on any atom is -0.298 e. The van der Waals surface area contributed by atoms with Crippen molar-refractivity contribution in [3.63, 3.8) is 0 Å². The van der Waals surface area contributed by atoms with Crippen LogP contribution in [-0.2, 0) is 15.6 Å². The van der Waals surface area contributed by atoms with Crippen molar-refractivity contribution in [2.24, 2.45) is 5.92 Å². The molecule has 2 unspecified atom stereocenters. The average molecular weight is 293 g/mol. The Morgan fingerprint density at radius 3 is 2.35 bits per heavy atom. The first kappa shape index (κ1) is 14.7. The van der Waals surface area contributed by atoms with Gasteiger partial charge in [0.05, 0.1) is 31.5 Å². The molecule has 0 spiro atoms. The number of benzene rings is 1. The highest BCUT2D eigenvalue weighted by atomic mass is 35.5. The Morgan fingerprint density at radius 1 is 1.35 bits per heavy atom. The second kappa shape index (κ2) is 6.53. The van der Waals surface area contributed by atoms with E-state index in [4.69, 9.17) is 23.2 Å². The molecule has 1 aromatic carbocycles. The monoisotopic (exact) mass is 292 g/mol. The Balaban J connectivity index is 2.88. The zero-order chi connectivity index (χ0) is 13.0. The molecular formula is C12H14Cl2O2S. The van der Waals surface area contributed by atoms with Gasteiger partial charge in [-0.25, -0.2) is 0 Å². The summed E-state index contributed by atoms with van der Waals surface area (Å²) in [5.74, 6) is -0.139. The van der Waals surface area contributed by atoms with E-state index in [2.05, 4.69) is 0 Å². The molecule has 0 bridgehead atoms. The first-order valence-electron chi connectivity index (χ1n) is 5.32. The van der Waals surface area contributed by atoms with Crippen LogP contribution in [0.2, 0.25) is 10.0 Å². The van der Waals surface area contributed by atoms with Crippen molar-refractivity contribution in [1.29, 1.82) is 0 Å². The van der Waals surface area contributed by atoms with Gasteiger partial charge in [0.1, 0.15) is 5.78 Å². The molecule has 0 aromatic heterocycles. The molecule has 5 heteroatoms. The van der Waals surface area contributed by atoms with E-state index in [0.717, 1.165) is 6.42 Å². The summed E-state index contributed by atoms with van der Waals surface area (Å²) in [6.07, 6.45) is 0.742. The van der Waals surface area contributed by atoms with E-state index in [-0.39, 0.29) is 17.5 Å². The molecule has 2 nitrogen and oxygen atoms in total. The van der Waals surface area contributed by atoms with E-state index in [1.54, 1.807) is 18.2 Å². The van der Waals surface area contributed by atoms with Crippen molar-refractivity contribution in [3.8, 4) is 0 Å². The highest BCUT2D eigenvalue weighted by molar-refractivity contribution is 7.86. The van der Waals surface area contributed by atoms with Gasteiger partial charge in [0, 0.05) is 5.92 Å². The van der Waals surface area contributed by atoms with Gasteiger partial charge < -0.3 is 0 Å². The van der Waals surface area contributed by atoms with E-state index in [1.807, 2.05) is 13.8 Å². The fourth-order valence-corrected chi connectivity index (χ4v) is 3.44. The van der Waals surface area contributed by atoms with Crippen molar-refractivity contribution in [2.45, 2.75) is 25.2 Å². The molecule has 17 heavy (non-hydrogen) atoms. The van der Waals surface area contributed by atoms with Crippen molar-refractivity contribution in [1.82, 2.24) is 0 Å². The zero-order valence-corrected chi connectivity index (χ0v) is 12.0. The molecule has 0 radical (unpaired) electrons. The first-order chi connectivity index (χ1) is 7.97. The van der Waals surface area contributed by atoms with E-state index in [0.29, 0.717) is 14.9 Å². The van der Waals surface area contributed by atoms with Crippen LogP contribution in [0.25, 0.3) is 0 Å². The fraction of sp³-hybridized carbons (Fsp3) is 0.417. The number of carbonyl (C=O) groups excluding carboxylic acids is 1. The minimum atomic E-state index is -1.47. The van der Waals surface area contributed by atoms with Gasteiger partial charge in [-0.15, -0.1) is 0 Å². The summed E-state index contributed by atoms with van der Waals surface area (Å²) in [4.78, 5) is 12.1. The number of ketones is 1. The molecular weight excluding hydrogens is 279 g/mol. The summed E-state index contributed by atoms with van der Waals surface area (Å²) in [6.45, 7) is 3.75. The van der Waals surface area contributed by atoms with Gasteiger partial charge in [-0.3, -0.25) is 9.00 Å². The Bertz CT molecular complexity index is 426. The van der Waals surface area contributed by atoms with Crippen LogP contribution < -0.4 is 0 Å². The number of rotatable bonds is 5. The highest BCUT2D eigenvalue weighted by Crippen LogP contribution is 2.28. The lowest BCUT2D eigenvalue weighted by molar-refractivity contribution is -0.119. The van der Waals surface area contributed by atoms with Crippen molar-refractivity contribution < 1.29 is 9.00 Å². The summed E-state index contributed by atoms with van der Waals surface area (Å²) in [5.41, 5.74) is 0. The third-order valence-corrected chi connectivity index (χ3v) is 4.88. The molecule has 0 aliphatic rings. The summed E-state index contributed by atoms with van der Waals surface area (Å²) in [7, 11) is -1.47. The van der Waals surface area contributed by atoms with Crippen LogP contribution in [0.3, 0.4) is 0 Å². The third-order valence-electron chi connectivity index (χ3n) is 2.58. The number of Topliss-reactive ketones (excluding diaryl/α,β-unsaturated/α-hetero) is 1. The topological polar surface area (TPSA) is 34.1 Å². The predicted octanol–water partition coefficient (Wildman–Crippen LogP) is 3.72. The van der Waals surface area contributed by atoms with Gasteiger partial charge in [-0.2, -0.15) is 0 Å². The fourth-order valence-electron chi connectivity index (χ4n) is 1.27. The minimum absolute atomic E-state index is 0.0261. The summed E-state index contributed by atoms with van der Waals surface area (Å²) < 4.78 is 12.0. The SMILES string of the molecule is CCC(C)C(=O)CS(=O)c1c(Cl)cccc1Cl. The molecule has 0 fully saturated rings. The maximum Gasteiger partial charge on any atom is 0.148 e. The van der Waals surface area contributed by atoms with Gasteiger partial charge in [-0.1, -0.05) is 43.1 Å². The predicted molar refractivity (Wildman–Crippen MR) is 72.2 cm³/mol. The lowest BCUT2D eigenvalue weighted by Crippen LogP contribution is -2.18. The molecule has 0 N–H and O–H groups in total. The van der Waals surface area contributed by atoms with Crippen LogP contribution in [-0.4, -0.2) is 15.7 Å². The molecule has 94 valence electrons. The summed E-state index contributed by atoms with van der Waals surface area (Å²) in [5, 5.41) is 0.681. The maximum atomic E-state index is 12.0. The Morgan fingerprint density at radius 2 is 1.88 bits per heavy atom. The van der Waals surface area contributed by atoms with Crippen LogP contribution in [0.15, 0.2) is 23.1 Å². The van der Waals surface area contributed by atoms with Crippen molar-refractivity contribution >= 4 is 39.8 Å². The van der Waals surface area contributed by atoms with Crippen molar-refractivity contribution in [2.75, 3.05) is 5.75 Å². The molecule has 0 amide bonds. The van der Waals surface area contributed by atoms with Gasteiger partial charge in [0.25, 0.3) is 0 Å². The van der Waals surface area contributed by atoms with Crippen LogP contribution in [0.5, 0.6) is 0 Å². The lowest BCUT2D eigenvalue weighted by atomic mass is 10.1. The highest BCUT2D eigenvalue weighted by Gasteiger charge is 2.19. The second-order valence-corrected chi connectivity index (χ2v) is 6.02. The van der Waals surface area contributed by atoms with E-state index >= 15 is 0 Å². The van der Waals surface area contributed by atoms with Gasteiger partial charge in [-0.05, 0) is 18.6 Å². The van der Waals surface area contributed by atoms with Crippen LogP contribution in [0.4, 0.5) is 0 Å².